The molecule has 0 saturated carbocycles. The predicted molar refractivity (Wildman–Crippen MR) is 71.0 cm³/mol. The average molecular weight is 334 g/mol. The highest BCUT2D eigenvalue weighted by Gasteiger charge is 2.46. The molecule has 100 valence electrons. The standard InChI is InChI=1S/C11H16BrN3O2S/c1-14-7-11(6-13-14)18(16,17)15-9-2-3-10(15)5-8(12)4-9/h6-10H,2-5H2,1H3. The summed E-state index contributed by atoms with van der Waals surface area (Å²) in [5.74, 6) is 0. The third-order valence-electron chi connectivity index (χ3n) is 3.87. The fraction of sp³-hybridized carbons (Fsp3) is 0.727. The highest BCUT2D eigenvalue weighted by molar-refractivity contribution is 9.09. The zero-order chi connectivity index (χ0) is 12.9. The Kier molecular flexibility index (Phi) is 3.03. The second-order valence-corrected chi connectivity index (χ2v) is 8.28. The zero-order valence-corrected chi connectivity index (χ0v) is 12.6. The molecule has 2 aliphatic rings. The summed E-state index contributed by atoms with van der Waals surface area (Å²) in [6.07, 6.45) is 6.80. The number of nitrogens with zero attached hydrogens (tertiary/aromatic N) is 3. The molecule has 2 fully saturated rings. The van der Waals surface area contributed by atoms with Crippen molar-refractivity contribution in [3.8, 4) is 0 Å². The molecule has 0 amide bonds. The third-order valence-corrected chi connectivity index (χ3v) is 6.57. The van der Waals surface area contributed by atoms with Crippen LogP contribution < -0.4 is 0 Å². The molecule has 2 saturated heterocycles. The van der Waals surface area contributed by atoms with E-state index in [-0.39, 0.29) is 12.1 Å². The van der Waals surface area contributed by atoms with Crippen molar-refractivity contribution in [2.24, 2.45) is 7.05 Å². The SMILES string of the molecule is Cn1cc(S(=O)(=O)N2C3CCC2CC(Br)C3)cn1. The maximum Gasteiger partial charge on any atom is 0.246 e. The lowest BCUT2D eigenvalue weighted by Crippen LogP contribution is -2.46. The molecule has 0 radical (unpaired) electrons. The van der Waals surface area contributed by atoms with E-state index in [2.05, 4.69) is 21.0 Å². The van der Waals surface area contributed by atoms with Crippen LogP contribution in [0.25, 0.3) is 0 Å². The smallest absolute Gasteiger partial charge is 0.246 e. The van der Waals surface area contributed by atoms with Crippen LogP contribution in [-0.2, 0) is 17.1 Å². The van der Waals surface area contributed by atoms with Gasteiger partial charge in [-0.05, 0) is 25.7 Å². The van der Waals surface area contributed by atoms with Gasteiger partial charge < -0.3 is 0 Å². The number of sulfonamides is 1. The molecule has 18 heavy (non-hydrogen) atoms. The molecule has 0 aliphatic carbocycles. The van der Waals surface area contributed by atoms with Crippen molar-refractivity contribution < 1.29 is 8.42 Å². The number of aromatic nitrogens is 2. The maximum atomic E-state index is 12.6. The summed E-state index contributed by atoms with van der Waals surface area (Å²) in [5.41, 5.74) is 0. The van der Waals surface area contributed by atoms with Gasteiger partial charge in [0.05, 0.1) is 6.20 Å². The van der Waals surface area contributed by atoms with Gasteiger partial charge in [-0.3, -0.25) is 4.68 Å². The molecule has 2 unspecified atom stereocenters. The van der Waals surface area contributed by atoms with E-state index in [4.69, 9.17) is 0 Å². The second kappa shape index (κ2) is 4.31. The molecule has 2 aliphatic heterocycles. The normalized spacial score (nSPS) is 32.9. The number of halogens is 1. The minimum absolute atomic E-state index is 0.151. The number of hydrogen-bond donors (Lipinski definition) is 0. The zero-order valence-electron chi connectivity index (χ0n) is 10.2. The molecular weight excluding hydrogens is 318 g/mol. The summed E-state index contributed by atoms with van der Waals surface area (Å²) in [5, 5.41) is 3.96. The van der Waals surface area contributed by atoms with E-state index in [1.807, 2.05) is 0 Å². The van der Waals surface area contributed by atoms with Crippen molar-refractivity contribution in [3.05, 3.63) is 12.4 Å². The van der Waals surface area contributed by atoms with E-state index in [0.29, 0.717) is 9.72 Å². The molecule has 3 heterocycles. The Hall–Kier alpha value is -0.400. The summed E-state index contributed by atoms with van der Waals surface area (Å²) < 4.78 is 28.5. The largest absolute Gasteiger partial charge is 0.274 e. The summed E-state index contributed by atoms with van der Waals surface area (Å²) >= 11 is 3.63. The molecule has 5 nitrogen and oxygen atoms in total. The number of rotatable bonds is 2. The first kappa shape index (κ1) is 12.6. The van der Waals surface area contributed by atoms with Crippen molar-refractivity contribution in [2.45, 2.75) is 47.5 Å². The van der Waals surface area contributed by atoms with Crippen LogP contribution in [0.5, 0.6) is 0 Å². The average Bonchev–Trinajstić information content (AvgIpc) is 2.83. The second-order valence-electron chi connectivity index (χ2n) is 5.14. The Morgan fingerprint density at radius 3 is 2.44 bits per heavy atom. The molecule has 7 heteroatoms. The highest BCUT2D eigenvalue weighted by atomic mass is 79.9. The predicted octanol–water partition coefficient (Wildman–Crippen LogP) is 1.50. The molecule has 3 rings (SSSR count). The van der Waals surface area contributed by atoms with Gasteiger partial charge in [-0.2, -0.15) is 9.40 Å². The Labute approximate surface area is 115 Å². The quantitative estimate of drug-likeness (QED) is 0.770. The van der Waals surface area contributed by atoms with E-state index in [1.165, 1.54) is 10.9 Å². The number of aryl methyl sites for hydroxylation is 1. The van der Waals surface area contributed by atoms with Crippen molar-refractivity contribution >= 4 is 26.0 Å². The van der Waals surface area contributed by atoms with Gasteiger partial charge in [-0.25, -0.2) is 8.42 Å². The molecule has 2 atom stereocenters. The van der Waals surface area contributed by atoms with E-state index in [9.17, 15) is 8.42 Å². The lowest BCUT2D eigenvalue weighted by atomic mass is 10.1. The first-order valence-corrected chi connectivity index (χ1v) is 8.50. The Morgan fingerprint density at radius 2 is 1.94 bits per heavy atom. The van der Waals surface area contributed by atoms with E-state index in [1.54, 1.807) is 17.5 Å². The van der Waals surface area contributed by atoms with Gasteiger partial charge in [-0.15, -0.1) is 0 Å². The van der Waals surface area contributed by atoms with Gasteiger partial charge >= 0.3 is 0 Å². The van der Waals surface area contributed by atoms with Crippen molar-refractivity contribution in [3.63, 3.8) is 0 Å². The molecule has 0 aromatic carbocycles. The Morgan fingerprint density at radius 1 is 1.33 bits per heavy atom. The van der Waals surface area contributed by atoms with E-state index >= 15 is 0 Å². The van der Waals surface area contributed by atoms with Crippen molar-refractivity contribution in [1.29, 1.82) is 0 Å². The van der Waals surface area contributed by atoms with Crippen LogP contribution in [0.15, 0.2) is 17.3 Å². The number of hydrogen-bond acceptors (Lipinski definition) is 3. The molecule has 0 spiro atoms. The van der Waals surface area contributed by atoms with Crippen LogP contribution in [0.1, 0.15) is 25.7 Å². The van der Waals surface area contributed by atoms with Crippen LogP contribution in [0.4, 0.5) is 0 Å². The summed E-state index contributed by atoms with van der Waals surface area (Å²) in [7, 11) is -1.64. The van der Waals surface area contributed by atoms with Crippen LogP contribution in [0.3, 0.4) is 0 Å². The van der Waals surface area contributed by atoms with Gasteiger partial charge in [0.2, 0.25) is 10.0 Å². The van der Waals surface area contributed by atoms with Crippen LogP contribution in [0, 0.1) is 0 Å². The number of alkyl halides is 1. The van der Waals surface area contributed by atoms with Crippen LogP contribution >= 0.6 is 15.9 Å². The molecule has 2 bridgehead atoms. The topological polar surface area (TPSA) is 55.2 Å². The van der Waals surface area contributed by atoms with Crippen molar-refractivity contribution in [2.75, 3.05) is 0 Å². The molecule has 1 aromatic rings. The van der Waals surface area contributed by atoms with Gasteiger partial charge in [0.25, 0.3) is 0 Å². The summed E-state index contributed by atoms with van der Waals surface area (Å²) in [6, 6.07) is 0.302. The molecular formula is C11H16BrN3O2S. The van der Waals surface area contributed by atoms with Crippen LogP contribution in [-0.4, -0.2) is 39.4 Å². The van der Waals surface area contributed by atoms with Crippen LogP contribution in [0.2, 0.25) is 0 Å². The highest BCUT2D eigenvalue weighted by Crippen LogP contribution is 2.41. The van der Waals surface area contributed by atoms with E-state index < -0.39 is 10.0 Å². The number of fused-ring (bicyclic) bond motifs is 2. The maximum absolute atomic E-state index is 12.6. The van der Waals surface area contributed by atoms with Gasteiger partial charge in [0, 0.05) is 30.2 Å². The Balaban J connectivity index is 1.96. The lowest BCUT2D eigenvalue weighted by Gasteiger charge is -2.35. The summed E-state index contributed by atoms with van der Waals surface area (Å²) in [6.45, 7) is 0. The minimum atomic E-state index is -3.37. The first-order valence-electron chi connectivity index (χ1n) is 6.15. The monoisotopic (exact) mass is 333 g/mol. The fourth-order valence-corrected chi connectivity index (χ4v) is 5.85. The van der Waals surface area contributed by atoms with Crippen molar-refractivity contribution in [1.82, 2.24) is 14.1 Å². The lowest BCUT2D eigenvalue weighted by molar-refractivity contribution is 0.255. The molecule has 0 N–H and O–H groups in total. The number of piperidine rings is 1. The van der Waals surface area contributed by atoms with Gasteiger partial charge in [0.15, 0.2) is 0 Å². The molecule has 1 aromatic heterocycles. The third kappa shape index (κ3) is 1.92. The van der Waals surface area contributed by atoms with E-state index in [0.717, 1.165) is 25.7 Å². The first-order chi connectivity index (χ1) is 8.48. The minimum Gasteiger partial charge on any atom is -0.274 e. The fourth-order valence-electron chi connectivity index (χ4n) is 3.11. The summed E-state index contributed by atoms with van der Waals surface area (Å²) in [4.78, 5) is 0.769. The Bertz CT molecular complexity index is 542. The van der Waals surface area contributed by atoms with Gasteiger partial charge in [-0.1, -0.05) is 15.9 Å². The van der Waals surface area contributed by atoms with Gasteiger partial charge in [0.1, 0.15) is 4.90 Å².